The average molecular weight is 237 g/mol. The van der Waals surface area contributed by atoms with Crippen LogP contribution in [0.5, 0.6) is 0 Å². The fraction of sp³-hybridized carbons (Fsp3) is 0.600. The third kappa shape index (κ3) is 6.30. The summed E-state index contributed by atoms with van der Waals surface area (Å²) in [5, 5.41) is 3.39. The van der Waals surface area contributed by atoms with Crippen molar-refractivity contribution in [2.75, 3.05) is 5.32 Å². The van der Waals surface area contributed by atoms with E-state index in [0.717, 1.165) is 5.69 Å². The smallest absolute Gasteiger partial charge is 0.123 e. The van der Waals surface area contributed by atoms with Crippen molar-refractivity contribution in [3.8, 4) is 0 Å². The fourth-order valence-corrected chi connectivity index (χ4v) is 1.96. The van der Waals surface area contributed by atoms with Crippen LogP contribution < -0.4 is 5.32 Å². The van der Waals surface area contributed by atoms with Gasteiger partial charge in [0.2, 0.25) is 0 Å². The first-order valence-corrected chi connectivity index (χ1v) is 6.74. The van der Waals surface area contributed by atoms with Gasteiger partial charge in [0, 0.05) is 11.7 Å². The Bertz CT molecular complexity index is 294. The Morgan fingerprint density at radius 2 is 1.71 bits per heavy atom. The Morgan fingerprint density at radius 1 is 1.06 bits per heavy atom. The van der Waals surface area contributed by atoms with E-state index in [0.29, 0.717) is 6.04 Å². The van der Waals surface area contributed by atoms with Crippen LogP contribution in [-0.2, 0) is 0 Å². The summed E-state index contributed by atoms with van der Waals surface area (Å²) in [6.45, 7) is 4.42. The van der Waals surface area contributed by atoms with Crippen molar-refractivity contribution in [3.63, 3.8) is 0 Å². The zero-order valence-electron chi connectivity index (χ0n) is 11.0. The molecule has 0 spiro atoms. The Labute approximate surface area is 104 Å². The molecule has 0 aliphatic carbocycles. The second kappa shape index (κ2) is 8.10. The predicted molar refractivity (Wildman–Crippen MR) is 72.9 cm³/mol. The van der Waals surface area contributed by atoms with E-state index in [1.807, 2.05) is 0 Å². The van der Waals surface area contributed by atoms with Gasteiger partial charge in [0.15, 0.2) is 0 Å². The minimum absolute atomic E-state index is 0.178. The molecule has 0 aliphatic heterocycles. The van der Waals surface area contributed by atoms with Crippen LogP contribution in [0.1, 0.15) is 52.4 Å². The highest BCUT2D eigenvalue weighted by Gasteiger charge is 2.01. The zero-order chi connectivity index (χ0) is 12.5. The highest BCUT2D eigenvalue weighted by atomic mass is 19.1. The lowest BCUT2D eigenvalue weighted by Gasteiger charge is -2.15. The van der Waals surface area contributed by atoms with Crippen LogP contribution in [0.4, 0.5) is 10.1 Å². The standard InChI is InChI=1S/C15H24FN/c1-3-4-5-6-7-8-13(2)17-15-11-9-14(16)10-12-15/h9-13,17H,3-8H2,1-2H3. The SMILES string of the molecule is CCCCCCCC(C)Nc1ccc(F)cc1. The van der Waals surface area contributed by atoms with Crippen molar-refractivity contribution in [1.29, 1.82) is 0 Å². The highest BCUT2D eigenvalue weighted by molar-refractivity contribution is 5.43. The fourth-order valence-electron chi connectivity index (χ4n) is 1.96. The van der Waals surface area contributed by atoms with E-state index in [2.05, 4.69) is 19.2 Å². The van der Waals surface area contributed by atoms with Crippen LogP contribution in [0.25, 0.3) is 0 Å². The number of benzene rings is 1. The van der Waals surface area contributed by atoms with Crippen LogP contribution in [0.3, 0.4) is 0 Å². The molecule has 0 aromatic heterocycles. The number of nitrogens with one attached hydrogen (secondary N) is 1. The molecule has 1 aromatic carbocycles. The summed E-state index contributed by atoms with van der Waals surface area (Å²) in [4.78, 5) is 0. The van der Waals surface area contributed by atoms with Crippen LogP contribution in [0.15, 0.2) is 24.3 Å². The molecule has 2 heteroatoms. The number of anilines is 1. The van der Waals surface area contributed by atoms with Crippen molar-refractivity contribution >= 4 is 5.69 Å². The third-order valence-electron chi connectivity index (χ3n) is 3.00. The van der Waals surface area contributed by atoms with Crippen LogP contribution in [0.2, 0.25) is 0 Å². The summed E-state index contributed by atoms with van der Waals surface area (Å²) in [6, 6.07) is 7.04. The van der Waals surface area contributed by atoms with Gasteiger partial charge >= 0.3 is 0 Å². The minimum Gasteiger partial charge on any atom is -0.383 e. The van der Waals surface area contributed by atoms with E-state index in [4.69, 9.17) is 0 Å². The summed E-state index contributed by atoms with van der Waals surface area (Å²) in [7, 11) is 0. The summed E-state index contributed by atoms with van der Waals surface area (Å²) in [5.74, 6) is -0.178. The quantitative estimate of drug-likeness (QED) is 0.628. The molecule has 17 heavy (non-hydrogen) atoms. The lowest BCUT2D eigenvalue weighted by molar-refractivity contribution is 0.578. The Kier molecular flexibility index (Phi) is 6.68. The predicted octanol–water partition coefficient (Wildman–Crippen LogP) is 4.99. The topological polar surface area (TPSA) is 12.0 Å². The van der Waals surface area contributed by atoms with Gasteiger partial charge in [-0.05, 0) is 37.6 Å². The molecular formula is C15H24FN. The van der Waals surface area contributed by atoms with Crippen molar-refractivity contribution in [1.82, 2.24) is 0 Å². The van der Waals surface area contributed by atoms with E-state index in [-0.39, 0.29) is 5.82 Å². The maximum absolute atomic E-state index is 12.7. The molecule has 1 nitrogen and oxygen atoms in total. The Balaban J connectivity index is 2.16. The molecule has 0 radical (unpaired) electrons. The molecule has 0 aliphatic rings. The molecule has 0 heterocycles. The Morgan fingerprint density at radius 3 is 2.35 bits per heavy atom. The summed E-state index contributed by atoms with van der Waals surface area (Å²) >= 11 is 0. The van der Waals surface area contributed by atoms with E-state index in [9.17, 15) is 4.39 Å². The van der Waals surface area contributed by atoms with E-state index < -0.39 is 0 Å². The molecule has 0 amide bonds. The molecule has 1 unspecified atom stereocenters. The first-order chi connectivity index (χ1) is 8.22. The maximum atomic E-state index is 12.7. The normalized spacial score (nSPS) is 12.4. The first-order valence-electron chi connectivity index (χ1n) is 6.74. The van der Waals surface area contributed by atoms with Gasteiger partial charge in [-0.3, -0.25) is 0 Å². The zero-order valence-corrected chi connectivity index (χ0v) is 11.0. The molecule has 0 saturated heterocycles. The second-order valence-corrected chi connectivity index (χ2v) is 4.76. The molecule has 0 saturated carbocycles. The monoisotopic (exact) mass is 237 g/mol. The number of rotatable bonds is 8. The van der Waals surface area contributed by atoms with Gasteiger partial charge < -0.3 is 5.32 Å². The lowest BCUT2D eigenvalue weighted by Crippen LogP contribution is -2.14. The van der Waals surface area contributed by atoms with Crippen LogP contribution in [-0.4, -0.2) is 6.04 Å². The minimum atomic E-state index is -0.178. The number of hydrogen-bond acceptors (Lipinski definition) is 1. The van der Waals surface area contributed by atoms with E-state index in [1.165, 1.54) is 50.7 Å². The van der Waals surface area contributed by atoms with Crippen molar-refractivity contribution in [2.24, 2.45) is 0 Å². The second-order valence-electron chi connectivity index (χ2n) is 4.76. The van der Waals surface area contributed by atoms with Crippen molar-refractivity contribution < 1.29 is 4.39 Å². The third-order valence-corrected chi connectivity index (χ3v) is 3.00. The van der Waals surface area contributed by atoms with Gasteiger partial charge in [-0.25, -0.2) is 4.39 Å². The van der Waals surface area contributed by atoms with Gasteiger partial charge in [-0.1, -0.05) is 39.0 Å². The number of unbranched alkanes of at least 4 members (excludes halogenated alkanes) is 4. The molecule has 1 rings (SSSR count). The highest BCUT2D eigenvalue weighted by Crippen LogP contribution is 2.13. The molecular weight excluding hydrogens is 213 g/mol. The summed E-state index contributed by atoms with van der Waals surface area (Å²) in [5.41, 5.74) is 1.01. The maximum Gasteiger partial charge on any atom is 0.123 e. The van der Waals surface area contributed by atoms with Gasteiger partial charge in [-0.15, -0.1) is 0 Å². The van der Waals surface area contributed by atoms with Gasteiger partial charge in [0.05, 0.1) is 0 Å². The lowest BCUT2D eigenvalue weighted by atomic mass is 10.1. The van der Waals surface area contributed by atoms with Crippen molar-refractivity contribution in [3.05, 3.63) is 30.1 Å². The van der Waals surface area contributed by atoms with E-state index >= 15 is 0 Å². The number of halogens is 1. The number of hydrogen-bond donors (Lipinski definition) is 1. The average Bonchev–Trinajstić information content (AvgIpc) is 2.32. The Hall–Kier alpha value is -1.05. The molecule has 1 atom stereocenters. The molecule has 1 aromatic rings. The molecule has 96 valence electrons. The van der Waals surface area contributed by atoms with Crippen molar-refractivity contribution in [2.45, 2.75) is 58.4 Å². The molecule has 1 N–H and O–H groups in total. The summed E-state index contributed by atoms with van der Waals surface area (Å²) in [6.07, 6.45) is 7.77. The van der Waals surface area contributed by atoms with Crippen LogP contribution in [0, 0.1) is 5.82 Å². The largest absolute Gasteiger partial charge is 0.383 e. The molecule has 0 bridgehead atoms. The molecule has 0 fully saturated rings. The van der Waals surface area contributed by atoms with Gasteiger partial charge in [-0.2, -0.15) is 0 Å². The van der Waals surface area contributed by atoms with E-state index in [1.54, 1.807) is 12.1 Å². The van der Waals surface area contributed by atoms with Crippen LogP contribution >= 0.6 is 0 Å². The van der Waals surface area contributed by atoms with Gasteiger partial charge in [0.25, 0.3) is 0 Å². The van der Waals surface area contributed by atoms with Gasteiger partial charge in [0.1, 0.15) is 5.82 Å². The first kappa shape index (κ1) is 14.0. The summed E-state index contributed by atoms with van der Waals surface area (Å²) < 4.78 is 12.7.